The van der Waals surface area contributed by atoms with Crippen LogP contribution in [0.15, 0.2) is 42.5 Å². The van der Waals surface area contributed by atoms with E-state index in [1.54, 1.807) is 25.1 Å². The van der Waals surface area contributed by atoms with E-state index in [9.17, 15) is 13.2 Å². The van der Waals surface area contributed by atoms with Crippen LogP contribution in [0.3, 0.4) is 0 Å². The molecule has 6 heteroatoms. The van der Waals surface area contributed by atoms with Crippen LogP contribution in [-0.2, 0) is 10.0 Å². The summed E-state index contributed by atoms with van der Waals surface area (Å²) in [6, 6.07) is 12.5. The van der Waals surface area contributed by atoms with Gasteiger partial charge in [-0.15, -0.1) is 0 Å². The molecule has 0 heterocycles. The second kappa shape index (κ2) is 6.42. The molecule has 0 aliphatic carbocycles. The van der Waals surface area contributed by atoms with Crippen molar-refractivity contribution in [2.24, 2.45) is 0 Å². The summed E-state index contributed by atoms with van der Waals surface area (Å²) in [4.78, 5) is 12.5. The number of amides is 1. The highest BCUT2D eigenvalue weighted by Crippen LogP contribution is 2.24. The SMILES string of the molecule is Cc1ccc(NC(=O)c2cccc(N(C)S(C)(=O)=O)c2C)cc1. The maximum absolute atomic E-state index is 12.5. The number of hydrogen-bond donors (Lipinski definition) is 1. The third-order valence-corrected chi connectivity index (χ3v) is 4.89. The number of hydrogen-bond acceptors (Lipinski definition) is 3. The molecule has 122 valence electrons. The molecule has 0 radical (unpaired) electrons. The monoisotopic (exact) mass is 332 g/mol. The molecule has 2 aromatic rings. The Balaban J connectivity index is 2.33. The first-order valence-corrected chi connectivity index (χ1v) is 8.96. The normalized spacial score (nSPS) is 11.1. The van der Waals surface area contributed by atoms with Crippen LogP contribution in [-0.4, -0.2) is 27.6 Å². The second-order valence-electron chi connectivity index (χ2n) is 5.50. The molecule has 0 unspecified atom stereocenters. The minimum Gasteiger partial charge on any atom is -0.322 e. The Bertz CT molecular complexity index is 827. The van der Waals surface area contributed by atoms with Crippen LogP contribution in [0.2, 0.25) is 0 Å². The van der Waals surface area contributed by atoms with Gasteiger partial charge in [0.1, 0.15) is 0 Å². The Morgan fingerprint density at radius 3 is 2.22 bits per heavy atom. The van der Waals surface area contributed by atoms with Crippen LogP contribution in [0.4, 0.5) is 11.4 Å². The summed E-state index contributed by atoms with van der Waals surface area (Å²) in [5, 5.41) is 2.82. The Hall–Kier alpha value is -2.34. The summed E-state index contributed by atoms with van der Waals surface area (Å²) in [5.74, 6) is -0.268. The zero-order valence-electron chi connectivity index (χ0n) is 13.6. The van der Waals surface area contributed by atoms with Crippen molar-refractivity contribution in [2.75, 3.05) is 22.9 Å². The number of carbonyl (C=O) groups excluding carboxylic acids is 1. The average molecular weight is 332 g/mol. The number of aryl methyl sites for hydroxylation is 1. The van der Waals surface area contributed by atoms with Gasteiger partial charge >= 0.3 is 0 Å². The predicted octanol–water partition coefficient (Wildman–Crippen LogP) is 2.95. The molecule has 0 spiro atoms. The third kappa shape index (κ3) is 3.90. The Morgan fingerprint density at radius 2 is 1.65 bits per heavy atom. The average Bonchev–Trinajstić information content (AvgIpc) is 2.48. The van der Waals surface area contributed by atoms with E-state index >= 15 is 0 Å². The summed E-state index contributed by atoms with van der Waals surface area (Å²) in [7, 11) is -1.91. The van der Waals surface area contributed by atoms with Crippen molar-refractivity contribution in [3.8, 4) is 0 Å². The number of anilines is 2. The van der Waals surface area contributed by atoms with Crippen molar-refractivity contribution in [3.05, 3.63) is 59.2 Å². The molecule has 0 aliphatic heterocycles. The summed E-state index contributed by atoms with van der Waals surface area (Å²) in [6.07, 6.45) is 1.13. The Morgan fingerprint density at radius 1 is 1.04 bits per heavy atom. The van der Waals surface area contributed by atoms with E-state index in [4.69, 9.17) is 0 Å². The van der Waals surface area contributed by atoms with Crippen molar-refractivity contribution < 1.29 is 13.2 Å². The molecule has 0 aliphatic rings. The molecule has 1 amide bonds. The molecule has 23 heavy (non-hydrogen) atoms. The number of sulfonamides is 1. The van der Waals surface area contributed by atoms with Gasteiger partial charge in [-0.3, -0.25) is 9.10 Å². The fraction of sp³-hybridized carbons (Fsp3) is 0.235. The Kier molecular flexibility index (Phi) is 4.75. The lowest BCUT2D eigenvalue weighted by atomic mass is 10.1. The minimum atomic E-state index is -3.38. The fourth-order valence-electron chi connectivity index (χ4n) is 2.22. The quantitative estimate of drug-likeness (QED) is 0.936. The molecule has 0 saturated carbocycles. The van der Waals surface area contributed by atoms with Crippen molar-refractivity contribution in [1.29, 1.82) is 0 Å². The van der Waals surface area contributed by atoms with E-state index in [0.717, 1.165) is 11.8 Å². The Labute approximate surface area is 137 Å². The standard InChI is InChI=1S/C17H20N2O3S/c1-12-8-10-14(11-9-12)18-17(20)15-6-5-7-16(13(15)2)19(3)23(4,21)22/h5-11H,1-4H3,(H,18,20). The second-order valence-corrected chi connectivity index (χ2v) is 7.51. The van der Waals surface area contributed by atoms with Crippen LogP contribution in [0, 0.1) is 13.8 Å². The smallest absolute Gasteiger partial charge is 0.256 e. The minimum absolute atomic E-state index is 0.268. The van der Waals surface area contributed by atoms with Crippen LogP contribution in [0.25, 0.3) is 0 Å². The van der Waals surface area contributed by atoms with Gasteiger partial charge in [0.2, 0.25) is 10.0 Å². The van der Waals surface area contributed by atoms with Gasteiger partial charge in [0, 0.05) is 18.3 Å². The van der Waals surface area contributed by atoms with E-state index in [0.29, 0.717) is 22.5 Å². The van der Waals surface area contributed by atoms with E-state index in [-0.39, 0.29) is 5.91 Å². The van der Waals surface area contributed by atoms with E-state index in [1.807, 2.05) is 31.2 Å². The maximum atomic E-state index is 12.5. The van der Waals surface area contributed by atoms with Gasteiger partial charge in [0.15, 0.2) is 0 Å². The zero-order chi connectivity index (χ0) is 17.2. The third-order valence-electron chi connectivity index (χ3n) is 3.70. The largest absolute Gasteiger partial charge is 0.322 e. The highest BCUT2D eigenvalue weighted by atomic mass is 32.2. The molecule has 2 aromatic carbocycles. The van der Waals surface area contributed by atoms with Crippen molar-refractivity contribution >= 4 is 27.3 Å². The maximum Gasteiger partial charge on any atom is 0.256 e. The molecular formula is C17H20N2O3S. The first kappa shape index (κ1) is 17.0. The van der Waals surface area contributed by atoms with Crippen molar-refractivity contribution in [1.82, 2.24) is 0 Å². The van der Waals surface area contributed by atoms with Gasteiger partial charge in [-0.25, -0.2) is 8.42 Å². The molecular weight excluding hydrogens is 312 g/mol. The van der Waals surface area contributed by atoms with E-state index < -0.39 is 10.0 Å². The van der Waals surface area contributed by atoms with Crippen LogP contribution in [0.1, 0.15) is 21.5 Å². The number of rotatable bonds is 4. The molecule has 0 saturated heterocycles. The molecule has 2 rings (SSSR count). The lowest BCUT2D eigenvalue weighted by Crippen LogP contribution is -2.26. The van der Waals surface area contributed by atoms with Crippen molar-refractivity contribution in [2.45, 2.75) is 13.8 Å². The summed E-state index contributed by atoms with van der Waals surface area (Å²) in [6.45, 7) is 3.71. The van der Waals surface area contributed by atoms with E-state index in [2.05, 4.69) is 5.32 Å². The molecule has 1 N–H and O–H groups in total. The lowest BCUT2D eigenvalue weighted by molar-refractivity contribution is 0.102. The first-order chi connectivity index (χ1) is 10.7. The molecule has 0 aromatic heterocycles. The van der Waals surface area contributed by atoms with Crippen LogP contribution < -0.4 is 9.62 Å². The lowest BCUT2D eigenvalue weighted by Gasteiger charge is -2.20. The van der Waals surface area contributed by atoms with Gasteiger partial charge in [-0.05, 0) is 43.7 Å². The van der Waals surface area contributed by atoms with Crippen LogP contribution in [0.5, 0.6) is 0 Å². The number of nitrogens with zero attached hydrogens (tertiary/aromatic N) is 1. The van der Waals surface area contributed by atoms with Gasteiger partial charge < -0.3 is 5.32 Å². The number of benzene rings is 2. The molecule has 0 atom stereocenters. The summed E-state index contributed by atoms with van der Waals surface area (Å²) < 4.78 is 24.6. The predicted molar refractivity (Wildman–Crippen MR) is 93.6 cm³/mol. The number of carbonyl (C=O) groups is 1. The molecule has 0 fully saturated rings. The topological polar surface area (TPSA) is 66.5 Å². The summed E-state index contributed by atoms with van der Waals surface area (Å²) in [5.41, 5.74) is 3.35. The fourth-order valence-corrected chi connectivity index (χ4v) is 2.78. The number of nitrogens with one attached hydrogen (secondary N) is 1. The van der Waals surface area contributed by atoms with Crippen molar-refractivity contribution in [3.63, 3.8) is 0 Å². The van der Waals surface area contributed by atoms with Gasteiger partial charge in [-0.1, -0.05) is 23.8 Å². The highest BCUT2D eigenvalue weighted by Gasteiger charge is 2.18. The molecule has 5 nitrogen and oxygen atoms in total. The molecule has 0 bridgehead atoms. The van der Waals surface area contributed by atoms with Gasteiger partial charge in [0.05, 0.1) is 11.9 Å². The highest BCUT2D eigenvalue weighted by molar-refractivity contribution is 7.92. The first-order valence-electron chi connectivity index (χ1n) is 7.11. The zero-order valence-corrected chi connectivity index (χ0v) is 14.4. The van der Waals surface area contributed by atoms with Gasteiger partial charge in [0.25, 0.3) is 5.91 Å². The van der Waals surface area contributed by atoms with Crippen LogP contribution >= 0.6 is 0 Å². The van der Waals surface area contributed by atoms with Gasteiger partial charge in [-0.2, -0.15) is 0 Å². The summed E-state index contributed by atoms with van der Waals surface area (Å²) >= 11 is 0. The van der Waals surface area contributed by atoms with E-state index in [1.165, 1.54) is 11.4 Å².